The van der Waals surface area contributed by atoms with E-state index >= 15 is 0 Å². The Bertz CT molecular complexity index is 1470. The molecule has 11 nitrogen and oxygen atoms in total. The van der Waals surface area contributed by atoms with Gasteiger partial charge in [0.15, 0.2) is 17.1 Å². The second-order valence-corrected chi connectivity index (χ2v) is 7.32. The van der Waals surface area contributed by atoms with E-state index < -0.39 is 5.69 Å². The van der Waals surface area contributed by atoms with E-state index in [1.807, 2.05) is 0 Å². The van der Waals surface area contributed by atoms with Crippen molar-refractivity contribution in [2.24, 2.45) is 4.99 Å². The summed E-state index contributed by atoms with van der Waals surface area (Å²) in [6, 6.07) is 5.15. The number of aromatic amines is 2. The molecule has 1 saturated carbocycles. The Morgan fingerprint density at radius 2 is 2.13 bits per heavy atom. The number of methoxy groups -OCH3 is 1. The van der Waals surface area contributed by atoms with Crippen molar-refractivity contribution < 1.29 is 14.6 Å². The van der Waals surface area contributed by atoms with Crippen LogP contribution in [0.25, 0.3) is 11.7 Å². The average molecular weight is 442 g/mol. The van der Waals surface area contributed by atoms with Gasteiger partial charge in [0.1, 0.15) is 5.69 Å². The van der Waals surface area contributed by atoms with Crippen LogP contribution >= 0.6 is 11.6 Å². The van der Waals surface area contributed by atoms with Crippen LogP contribution in [0.1, 0.15) is 18.5 Å². The lowest BCUT2D eigenvalue weighted by Gasteiger charge is -2.09. The molecule has 1 aliphatic rings. The van der Waals surface area contributed by atoms with Gasteiger partial charge >= 0.3 is 11.7 Å². The number of ether oxygens (including phenoxy) is 2. The van der Waals surface area contributed by atoms with Gasteiger partial charge in [-0.05, 0) is 31.1 Å². The lowest BCUT2D eigenvalue weighted by molar-refractivity contribution is 0.366. The third-order valence-corrected chi connectivity index (χ3v) is 4.80. The molecule has 31 heavy (non-hydrogen) atoms. The van der Waals surface area contributed by atoms with Gasteiger partial charge in [0.05, 0.1) is 19.3 Å². The normalized spacial score (nSPS) is 15.0. The fourth-order valence-electron chi connectivity index (χ4n) is 2.93. The zero-order valence-electron chi connectivity index (χ0n) is 16.2. The number of hydrogen-bond acceptors (Lipinski definition) is 8. The second kappa shape index (κ2) is 7.43. The van der Waals surface area contributed by atoms with E-state index in [1.54, 1.807) is 18.2 Å². The number of H-pyrrole nitrogens is 2. The third-order valence-electron chi connectivity index (χ3n) is 4.56. The van der Waals surface area contributed by atoms with Gasteiger partial charge in [0, 0.05) is 16.3 Å². The molecule has 0 aliphatic heterocycles. The summed E-state index contributed by atoms with van der Waals surface area (Å²) < 4.78 is 12.7. The van der Waals surface area contributed by atoms with Gasteiger partial charge in [-0.25, -0.2) is 9.79 Å². The molecule has 0 spiro atoms. The molecule has 0 bridgehead atoms. The molecule has 1 aromatic carbocycles. The van der Waals surface area contributed by atoms with Crippen LogP contribution in [-0.4, -0.2) is 47.8 Å². The van der Waals surface area contributed by atoms with Gasteiger partial charge in [-0.3, -0.25) is 4.98 Å². The van der Waals surface area contributed by atoms with Crippen molar-refractivity contribution in [1.82, 2.24) is 29.5 Å². The summed E-state index contributed by atoms with van der Waals surface area (Å²) >= 11 is 6.02. The van der Waals surface area contributed by atoms with Crippen LogP contribution in [0.4, 0.5) is 0 Å². The molecule has 3 N–H and O–H groups in total. The average Bonchev–Trinajstić information content (AvgIpc) is 3.38. The molecule has 5 rings (SSSR count). The first-order chi connectivity index (χ1) is 15.0. The number of nitrogens with one attached hydrogen (secondary N) is 2. The molecule has 3 aromatic heterocycles. The van der Waals surface area contributed by atoms with Crippen molar-refractivity contribution in [3.8, 4) is 23.4 Å². The maximum Gasteiger partial charge on any atom is 0.327 e. The highest BCUT2D eigenvalue weighted by atomic mass is 35.5. The van der Waals surface area contributed by atoms with E-state index in [0.717, 1.165) is 12.8 Å². The zero-order valence-corrected chi connectivity index (χ0v) is 16.9. The van der Waals surface area contributed by atoms with Crippen molar-refractivity contribution in [1.29, 1.82) is 0 Å². The topological polar surface area (TPSA) is 143 Å². The van der Waals surface area contributed by atoms with E-state index in [9.17, 15) is 9.90 Å². The Labute approximate surface area is 178 Å². The van der Waals surface area contributed by atoms with Crippen molar-refractivity contribution in [2.45, 2.75) is 18.9 Å². The first-order valence-electron chi connectivity index (χ1n) is 9.34. The number of benzene rings is 1. The molecule has 0 amide bonds. The fraction of sp³-hybridized carbons (Fsp3) is 0.211. The van der Waals surface area contributed by atoms with Crippen LogP contribution < -0.4 is 26.0 Å². The van der Waals surface area contributed by atoms with Crippen LogP contribution in [0.15, 0.2) is 34.2 Å². The van der Waals surface area contributed by atoms with Gasteiger partial charge in [-0.15, -0.1) is 0 Å². The van der Waals surface area contributed by atoms with Gasteiger partial charge < -0.3 is 19.6 Å². The summed E-state index contributed by atoms with van der Waals surface area (Å²) in [4.78, 5) is 29.6. The summed E-state index contributed by atoms with van der Waals surface area (Å²) in [7, 11) is 1.50. The fourth-order valence-corrected chi connectivity index (χ4v) is 3.09. The lowest BCUT2D eigenvalue weighted by Crippen LogP contribution is -2.23. The summed E-state index contributed by atoms with van der Waals surface area (Å²) in [6.45, 7) is 0. The summed E-state index contributed by atoms with van der Waals surface area (Å²) in [5, 5.41) is 15.2. The predicted molar refractivity (Wildman–Crippen MR) is 109 cm³/mol. The maximum absolute atomic E-state index is 11.4. The Morgan fingerprint density at radius 3 is 2.84 bits per heavy atom. The number of aromatic hydroxyl groups is 1. The minimum absolute atomic E-state index is 0.0365. The summed E-state index contributed by atoms with van der Waals surface area (Å²) in [5.74, 6) is 0.515. The summed E-state index contributed by atoms with van der Waals surface area (Å²) in [5.41, 5.74) is 0.389. The first kappa shape index (κ1) is 19.1. The predicted octanol–water partition coefficient (Wildman–Crippen LogP) is 0.911. The Hall–Kier alpha value is -3.86. The molecular weight excluding hydrogens is 426 g/mol. The molecule has 0 atom stereocenters. The largest absolute Gasteiger partial charge is 0.493 e. The monoisotopic (exact) mass is 441 g/mol. The van der Waals surface area contributed by atoms with Gasteiger partial charge in [-0.2, -0.15) is 19.6 Å². The van der Waals surface area contributed by atoms with Crippen LogP contribution in [0.2, 0.25) is 5.02 Å². The third kappa shape index (κ3) is 3.82. The minimum atomic E-state index is -0.530. The molecule has 4 aromatic rings. The van der Waals surface area contributed by atoms with Crippen LogP contribution in [0.5, 0.6) is 23.4 Å². The molecule has 0 radical (unpaired) electrons. The molecular formula is C19H16ClN7O4. The lowest BCUT2D eigenvalue weighted by atomic mass is 10.3. The Morgan fingerprint density at radius 1 is 1.29 bits per heavy atom. The number of rotatable bonds is 5. The van der Waals surface area contributed by atoms with Crippen molar-refractivity contribution >= 4 is 23.3 Å². The number of halogens is 1. The van der Waals surface area contributed by atoms with Crippen molar-refractivity contribution in [3.63, 3.8) is 0 Å². The molecule has 158 valence electrons. The molecule has 0 saturated heterocycles. The number of hydrogen-bond donors (Lipinski definition) is 3. The molecule has 1 fully saturated rings. The highest BCUT2D eigenvalue weighted by Gasteiger charge is 2.21. The first-order valence-corrected chi connectivity index (χ1v) is 9.72. The Balaban J connectivity index is 1.68. The molecule has 3 heterocycles. The minimum Gasteiger partial charge on any atom is -0.493 e. The molecule has 1 aliphatic carbocycles. The van der Waals surface area contributed by atoms with Crippen LogP contribution in [-0.2, 0) is 0 Å². The quantitative estimate of drug-likeness (QED) is 0.417. The van der Waals surface area contributed by atoms with E-state index in [1.165, 1.54) is 23.9 Å². The smallest absolute Gasteiger partial charge is 0.327 e. The van der Waals surface area contributed by atoms with Crippen molar-refractivity contribution in [2.75, 3.05) is 7.11 Å². The zero-order chi connectivity index (χ0) is 21.5. The highest BCUT2D eigenvalue weighted by molar-refractivity contribution is 6.30. The van der Waals surface area contributed by atoms with E-state index in [-0.39, 0.29) is 23.6 Å². The molecule has 12 heteroatoms. The van der Waals surface area contributed by atoms with E-state index in [4.69, 9.17) is 21.1 Å². The standard InChI is InChI=1S/C19H16ClN7O4/c1-30-14-7-10(20)2-5-13(14)31-19-24-15-9(6-12-16(28)25-18(29)23-12)8-21-27(15)17(26-19)22-11-3-4-11/h2,5-8,11,28H,3-4H2,1H3,(H2,23,25,29)/b9-6-,22-17?. The van der Waals surface area contributed by atoms with Gasteiger partial charge in [0.2, 0.25) is 5.88 Å². The van der Waals surface area contributed by atoms with Crippen LogP contribution in [0, 0.1) is 0 Å². The number of aromatic nitrogens is 6. The molecule has 0 unspecified atom stereocenters. The highest BCUT2D eigenvalue weighted by Crippen LogP contribution is 2.32. The second-order valence-electron chi connectivity index (χ2n) is 6.88. The SMILES string of the molecule is COc1cc(Cl)ccc1Oc1nc(=NC2CC2)n2nc/c(=C/c3[nH]c(=O)[nH]c3O)c2n1. The number of nitrogens with zero attached hydrogens (tertiary/aromatic N) is 5. The van der Waals surface area contributed by atoms with E-state index in [2.05, 4.69) is 30.0 Å². The van der Waals surface area contributed by atoms with E-state index in [0.29, 0.717) is 33.0 Å². The van der Waals surface area contributed by atoms with Crippen molar-refractivity contribution in [3.05, 3.63) is 56.4 Å². The Kier molecular flexibility index (Phi) is 4.59. The van der Waals surface area contributed by atoms with Gasteiger partial charge in [0.25, 0.3) is 5.62 Å². The number of fused-ring (bicyclic) bond motifs is 1. The summed E-state index contributed by atoms with van der Waals surface area (Å²) in [6.07, 6.45) is 5.03. The van der Waals surface area contributed by atoms with Crippen LogP contribution in [0.3, 0.4) is 0 Å². The number of imidazole rings is 1. The maximum atomic E-state index is 11.4. The van der Waals surface area contributed by atoms with Gasteiger partial charge in [-0.1, -0.05) is 11.6 Å².